The standard InChI is InChI=1S/C33H42O12/c1-16-21(37)14-32(30(5,6)45-29(39)20-11-9-8-10-12-20)24(16)25(43-18(3)35)27(44-19(4)36)31(7)23(42-17(2)34)13-22(38)33(40)15-41-28(32)26(31)33/h8-12,22-28,37-38,40H,13-15H2,1-7H3/t22-,23-,24?,25+,26-,27-,28-,31+,32-,33-/m0/s1. The Balaban J connectivity index is 1.82. The van der Waals surface area contributed by atoms with Crippen molar-refractivity contribution in [2.75, 3.05) is 6.61 Å². The zero-order valence-electron chi connectivity index (χ0n) is 26.6. The molecule has 0 amide bonds. The summed E-state index contributed by atoms with van der Waals surface area (Å²) in [6.45, 7) is 9.84. The summed E-state index contributed by atoms with van der Waals surface area (Å²) >= 11 is 0. The maximum Gasteiger partial charge on any atom is 0.338 e. The molecule has 5 rings (SSSR count). The van der Waals surface area contributed by atoms with Gasteiger partial charge in [-0.25, -0.2) is 4.79 Å². The van der Waals surface area contributed by atoms with Crippen LogP contribution in [-0.2, 0) is 38.1 Å². The van der Waals surface area contributed by atoms with E-state index in [4.69, 9.17) is 23.7 Å². The molecule has 1 unspecified atom stereocenters. The monoisotopic (exact) mass is 630 g/mol. The second-order valence-electron chi connectivity index (χ2n) is 13.6. The van der Waals surface area contributed by atoms with Gasteiger partial charge < -0.3 is 39.0 Å². The van der Waals surface area contributed by atoms with Gasteiger partial charge in [0.2, 0.25) is 0 Å². The fraction of sp³-hybridized carbons (Fsp3) is 0.636. The van der Waals surface area contributed by atoms with Crippen LogP contribution in [0.3, 0.4) is 0 Å². The maximum absolute atomic E-state index is 13.6. The number of hydrogen-bond acceptors (Lipinski definition) is 12. The largest absolute Gasteiger partial charge is 0.512 e. The number of ether oxygens (including phenoxy) is 5. The molecule has 12 nitrogen and oxygen atoms in total. The molecule has 1 heterocycles. The summed E-state index contributed by atoms with van der Waals surface area (Å²) < 4.78 is 30.6. The highest BCUT2D eigenvalue weighted by atomic mass is 16.6. The molecule has 3 N–H and O–H groups in total. The average molecular weight is 631 g/mol. The first-order valence-electron chi connectivity index (χ1n) is 15.1. The molecule has 246 valence electrons. The lowest BCUT2D eigenvalue weighted by atomic mass is 9.52. The number of allylic oxidation sites excluding steroid dienone is 1. The zero-order valence-corrected chi connectivity index (χ0v) is 26.6. The molecule has 0 radical (unpaired) electrons. The van der Waals surface area contributed by atoms with Crippen LogP contribution in [0, 0.1) is 22.7 Å². The number of benzene rings is 1. The van der Waals surface area contributed by atoms with E-state index in [1.165, 1.54) is 20.8 Å². The van der Waals surface area contributed by atoms with E-state index < -0.39 is 88.3 Å². The van der Waals surface area contributed by atoms with Crippen molar-refractivity contribution in [1.29, 1.82) is 0 Å². The van der Waals surface area contributed by atoms with E-state index in [-0.39, 0.29) is 30.8 Å². The minimum atomic E-state index is -1.96. The third-order valence-corrected chi connectivity index (χ3v) is 10.8. The van der Waals surface area contributed by atoms with Gasteiger partial charge in [-0.1, -0.05) is 25.1 Å². The van der Waals surface area contributed by atoms with E-state index in [1.807, 2.05) is 0 Å². The fourth-order valence-corrected chi connectivity index (χ4v) is 8.90. The van der Waals surface area contributed by atoms with E-state index >= 15 is 0 Å². The number of aliphatic hydroxyl groups is 3. The molecule has 3 aliphatic carbocycles. The first-order chi connectivity index (χ1) is 20.9. The predicted molar refractivity (Wildman–Crippen MR) is 155 cm³/mol. The van der Waals surface area contributed by atoms with Crippen LogP contribution in [0.5, 0.6) is 0 Å². The van der Waals surface area contributed by atoms with Crippen LogP contribution in [0.15, 0.2) is 41.7 Å². The third-order valence-electron chi connectivity index (χ3n) is 10.8. The second kappa shape index (κ2) is 11.1. The maximum atomic E-state index is 13.6. The van der Waals surface area contributed by atoms with Crippen LogP contribution in [0.25, 0.3) is 0 Å². The van der Waals surface area contributed by atoms with E-state index in [1.54, 1.807) is 58.0 Å². The Kier molecular flexibility index (Phi) is 8.11. The second-order valence-corrected chi connectivity index (χ2v) is 13.6. The van der Waals surface area contributed by atoms with Crippen molar-refractivity contribution in [3.63, 3.8) is 0 Å². The molecule has 12 heteroatoms. The molecule has 45 heavy (non-hydrogen) atoms. The van der Waals surface area contributed by atoms with Gasteiger partial charge in [0.15, 0.2) is 0 Å². The molecule has 0 spiro atoms. The number of carbonyl (C=O) groups is 4. The van der Waals surface area contributed by atoms with Crippen molar-refractivity contribution < 1.29 is 58.2 Å². The summed E-state index contributed by atoms with van der Waals surface area (Å²) in [7, 11) is 0. The highest BCUT2D eigenvalue weighted by Gasteiger charge is 2.80. The van der Waals surface area contributed by atoms with Gasteiger partial charge in [-0.3, -0.25) is 14.4 Å². The lowest BCUT2D eigenvalue weighted by molar-refractivity contribution is -0.250. The van der Waals surface area contributed by atoms with Gasteiger partial charge in [-0.15, -0.1) is 0 Å². The van der Waals surface area contributed by atoms with Crippen LogP contribution in [0.4, 0.5) is 0 Å². The van der Waals surface area contributed by atoms with Gasteiger partial charge in [0.05, 0.1) is 41.0 Å². The number of carbonyl (C=O) groups excluding carboxylic acids is 4. The SMILES string of the molecule is CC(=O)O[C@@H]1C2C(C)=C(O)C[C@@]2(C(C)(C)OC(=O)c2ccccc2)[C@H]2OC[C@@]3(O)[C@@H]2[C@@](C)([C@@H](OC(C)=O)C[C@@H]3O)[C@H]1OC(C)=O. The third kappa shape index (κ3) is 4.83. The lowest BCUT2D eigenvalue weighted by Gasteiger charge is -2.57. The van der Waals surface area contributed by atoms with Crippen LogP contribution < -0.4 is 0 Å². The quantitative estimate of drug-likeness (QED) is 0.310. The molecule has 1 aromatic carbocycles. The highest BCUT2D eigenvalue weighted by Crippen LogP contribution is 2.70. The van der Waals surface area contributed by atoms with E-state index in [2.05, 4.69) is 0 Å². The number of esters is 4. The van der Waals surface area contributed by atoms with Crippen LogP contribution >= 0.6 is 0 Å². The Labute approximate surface area is 261 Å². The van der Waals surface area contributed by atoms with E-state index in [9.17, 15) is 34.5 Å². The van der Waals surface area contributed by atoms with Gasteiger partial charge in [-0.2, -0.15) is 0 Å². The van der Waals surface area contributed by atoms with E-state index in [0.717, 1.165) is 0 Å². The molecule has 1 aliphatic heterocycles. The van der Waals surface area contributed by atoms with Crippen molar-refractivity contribution in [3.8, 4) is 0 Å². The summed E-state index contributed by atoms with van der Waals surface area (Å²) in [6, 6.07) is 8.32. The molecular formula is C33H42O12. The van der Waals surface area contributed by atoms with Crippen molar-refractivity contribution in [2.24, 2.45) is 22.7 Å². The number of aliphatic hydroxyl groups excluding tert-OH is 2. The molecule has 0 aromatic heterocycles. The fourth-order valence-electron chi connectivity index (χ4n) is 8.90. The van der Waals surface area contributed by atoms with Gasteiger partial charge in [-0.05, 0) is 38.5 Å². The highest BCUT2D eigenvalue weighted by molar-refractivity contribution is 5.89. The molecule has 2 saturated carbocycles. The molecule has 1 saturated heterocycles. The van der Waals surface area contributed by atoms with Crippen LogP contribution in [0.1, 0.15) is 71.7 Å². The first kappa shape index (κ1) is 32.9. The summed E-state index contributed by atoms with van der Waals surface area (Å²) in [5, 5.41) is 35.2. The molecule has 1 aromatic rings. The Morgan fingerprint density at radius 3 is 2.16 bits per heavy atom. The normalized spacial score (nSPS) is 38.8. The summed E-state index contributed by atoms with van der Waals surface area (Å²) in [6.07, 6.45) is -6.75. The first-order valence-corrected chi connectivity index (χ1v) is 15.1. The number of hydrogen-bond donors (Lipinski definition) is 3. The Morgan fingerprint density at radius 2 is 1.58 bits per heavy atom. The van der Waals surface area contributed by atoms with Gasteiger partial charge in [0.1, 0.15) is 29.5 Å². The Bertz CT molecular complexity index is 1420. The predicted octanol–water partition coefficient (Wildman–Crippen LogP) is 2.79. The van der Waals surface area contributed by atoms with Gasteiger partial charge in [0, 0.05) is 45.4 Å². The Hall–Kier alpha value is -3.48. The Morgan fingerprint density at radius 1 is 0.978 bits per heavy atom. The van der Waals surface area contributed by atoms with Crippen molar-refractivity contribution in [3.05, 3.63) is 47.2 Å². The summed E-state index contributed by atoms with van der Waals surface area (Å²) in [4.78, 5) is 51.7. The van der Waals surface area contributed by atoms with Crippen molar-refractivity contribution >= 4 is 23.9 Å². The molecule has 3 fully saturated rings. The molecular weight excluding hydrogens is 588 g/mol. The smallest absolute Gasteiger partial charge is 0.338 e. The average Bonchev–Trinajstić information content (AvgIpc) is 3.43. The van der Waals surface area contributed by atoms with Crippen LogP contribution in [0.2, 0.25) is 0 Å². The number of fused-ring (bicyclic) bond motifs is 2. The lowest BCUT2D eigenvalue weighted by Crippen LogP contribution is -2.70. The minimum Gasteiger partial charge on any atom is -0.512 e. The summed E-state index contributed by atoms with van der Waals surface area (Å²) in [5.41, 5.74) is -5.80. The van der Waals surface area contributed by atoms with Crippen LogP contribution in [-0.4, -0.2) is 87.5 Å². The van der Waals surface area contributed by atoms with Gasteiger partial charge >= 0.3 is 23.9 Å². The van der Waals surface area contributed by atoms with Gasteiger partial charge in [0.25, 0.3) is 0 Å². The van der Waals surface area contributed by atoms with E-state index in [0.29, 0.717) is 5.57 Å². The van der Waals surface area contributed by atoms with Crippen molar-refractivity contribution in [1.82, 2.24) is 0 Å². The molecule has 4 aliphatic rings. The van der Waals surface area contributed by atoms with Crippen molar-refractivity contribution in [2.45, 2.75) is 103 Å². The number of rotatable bonds is 6. The molecule has 0 bridgehead atoms. The molecule has 10 atom stereocenters. The minimum absolute atomic E-state index is 0.0712. The summed E-state index contributed by atoms with van der Waals surface area (Å²) in [5.74, 6) is -5.01. The zero-order chi connectivity index (χ0) is 33.3. The topological polar surface area (TPSA) is 175 Å².